The molecular formula is C20H20N2O5. The van der Waals surface area contributed by atoms with Crippen LogP contribution in [0.5, 0.6) is 0 Å². The largest absolute Gasteiger partial charge is 0.454 e. The van der Waals surface area contributed by atoms with Crippen LogP contribution in [0.4, 0.5) is 5.69 Å². The average Bonchev–Trinajstić information content (AvgIpc) is 2.66. The molecule has 2 aromatic carbocycles. The summed E-state index contributed by atoms with van der Waals surface area (Å²) in [6.07, 6.45) is 0. The van der Waals surface area contributed by atoms with Gasteiger partial charge in [-0.3, -0.25) is 14.4 Å². The standard InChI is InChI=1S/C20H20N2O5/c1-13(21-19(25)15-7-4-3-5-8-15)20(26)27-12-18(24)22-17-10-6-9-16(11-17)14(2)23/h3-11,13H,12H2,1-2H3,(H,21,25)(H,22,24)/t13-/m0/s1. The Balaban J connectivity index is 1.82. The SMILES string of the molecule is CC(=O)c1cccc(NC(=O)COC(=O)[C@H](C)NC(=O)c2ccccc2)c1. The fourth-order valence-corrected chi connectivity index (χ4v) is 2.20. The molecule has 7 nitrogen and oxygen atoms in total. The summed E-state index contributed by atoms with van der Waals surface area (Å²) in [4.78, 5) is 47.2. The highest BCUT2D eigenvalue weighted by Crippen LogP contribution is 2.11. The Labute approximate surface area is 156 Å². The molecule has 0 aliphatic heterocycles. The fraction of sp³-hybridized carbons (Fsp3) is 0.200. The van der Waals surface area contributed by atoms with E-state index in [0.717, 1.165) is 0 Å². The van der Waals surface area contributed by atoms with Gasteiger partial charge in [0, 0.05) is 16.8 Å². The number of carbonyl (C=O) groups is 4. The third-order valence-electron chi connectivity index (χ3n) is 3.64. The molecule has 1 atom stereocenters. The van der Waals surface area contributed by atoms with E-state index in [1.54, 1.807) is 48.5 Å². The zero-order valence-corrected chi connectivity index (χ0v) is 15.0. The molecule has 0 radical (unpaired) electrons. The summed E-state index contributed by atoms with van der Waals surface area (Å²) in [5.74, 6) is -1.82. The Kier molecular flexibility index (Phi) is 6.82. The number of rotatable bonds is 7. The lowest BCUT2D eigenvalue weighted by Crippen LogP contribution is -2.40. The maximum atomic E-state index is 12.0. The number of hydrogen-bond acceptors (Lipinski definition) is 5. The number of nitrogens with one attached hydrogen (secondary N) is 2. The maximum absolute atomic E-state index is 12.0. The number of ether oxygens (including phenoxy) is 1. The number of anilines is 1. The van der Waals surface area contributed by atoms with Gasteiger partial charge in [-0.15, -0.1) is 0 Å². The zero-order valence-electron chi connectivity index (χ0n) is 15.0. The van der Waals surface area contributed by atoms with E-state index < -0.39 is 30.4 Å². The van der Waals surface area contributed by atoms with Crippen molar-refractivity contribution in [2.24, 2.45) is 0 Å². The van der Waals surface area contributed by atoms with E-state index in [4.69, 9.17) is 4.74 Å². The second-order valence-corrected chi connectivity index (χ2v) is 5.85. The van der Waals surface area contributed by atoms with Crippen molar-refractivity contribution in [2.45, 2.75) is 19.9 Å². The molecule has 0 unspecified atom stereocenters. The highest BCUT2D eigenvalue weighted by molar-refractivity contribution is 5.98. The predicted molar refractivity (Wildman–Crippen MR) is 99.4 cm³/mol. The summed E-state index contributed by atoms with van der Waals surface area (Å²) in [6.45, 7) is 2.39. The zero-order chi connectivity index (χ0) is 19.8. The van der Waals surface area contributed by atoms with Crippen molar-refractivity contribution in [3.8, 4) is 0 Å². The fourth-order valence-electron chi connectivity index (χ4n) is 2.20. The number of amides is 2. The van der Waals surface area contributed by atoms with Gasteiger partial charge in [-0.05, 0) is 38.1 Å². The van der Waals surface area contributed by atoms with Crippen LogP contribution in [0.1, 0.15) is 34.6 Å². The van der Waals surface area contributed by atoms with Crippen LogP contribution >= 0.6 is 0 Å². The van der Waals surface area contributed by atoms with Crippen LogP contribution in [0.15, 0.2) is 54.6 Å². The highest BCUT2D eigenvalue weighted by Gasteiger charge is 2.19. The summed E-state index contributed by atoms with van der Waals surface area (Å²) < 4.78 is 4.92. The first kappa shape index (κ1) is 19.8. The van der Waals surface area contributed by atoms with Crippen molar-refractivity contribution >= 4 is 29.3 Å². The second kappa shape index (κ2) is 9.28. The van der Waals surface area contributed by atoms with Crippen molar-refractivity contribution in [1.82, 2.24) is 5.32 Å². The van der Waals surface area contributed by atoms with Crippen LogP contribution in [0.25, 0.3) is 0 Å². The number of carbonyl (C=O) groups excluding carboxylic acids is 4. The molecule has 2 amide bonds. The van der Waals surface area contributed by atoms with Gasteiger partial charge in [0.15, 0.2) is 12.4 Å². The monoisotopic (exact) mass is 368 g/mol. The normalized spacial score (nSPS) is 11.2. The summed E-state index contributed by atoms with van der Waals surface area (Å²) >= 11 is 0. The number of hydrogen-bond donors (Lipinski definition) is 2. The number of ketones is 1. The van der Waals surface area contributed by atoms with Crippen LogP contribution in [-0.2, 0) is 14.3 Å². The minimum Gasteiger partial charge on any atom is -0.454 e. The van der Waals surface area contributed by atoms with E-state index in [-0.39, 0.29) is 5.78 Å². The van der Waals surface area contributed by atoms with Crippen LogP contribution in [0.3, 0.4) is 0 Å². The van der Waals surface area contributed by atoms with Crippen LogP contribution in [0, 0.1) is 0 Å². The van der Waals surface area contributed by atoms with E-state index in [2.05, 4.69) is 10.6 Å². The van der Waals surface area contributed by atoms with Crippen molar-refractivity contribution in [2.75, 3.05) is 11.9 Å². The van der Waals surface area contributed by atoms with Gasteiger partial charge in [-0.2, -0.15) is 0 Å². The van der Waals surface area contributed by atoms with Gasteiger partial charge < -0.3 is 15.4 Å². The van der Waals surface area contributed by atoms with E-state index in [1.165, 1.54) is 19.9 Å². The molecule has 0 aliphatic rings. The van der Waals surface area contributed by atoms with Gasteiger partial charge in [0.1, 0.15) is 6.04 Å². The quantitative estimate of drug-likeness (QED) is 0.576. The summed E-state index contributed by atoms with van der Waals surface area (Å²) in [6, 6.07) is 14.0. The molecule has 0 spiro atoms. The maximum Gasteiger partial charge on any atom is 0.328 e. The molecule has 2 rings (SSSR count). The molecule has 0 bridgehead atoms. The minimum atomic E-state index is -0.911. The van der Waals surface area contributed by atoms with Gasteiger partial charge in [0.25, 0.3) is 11.8 Å². The number of Topliss-reactive ketones (excluding diaryl/α,β-unsaturated/α-hetero) is 1. The van der Waals surface area contributed by atoms with Crippen molar-refractivity contribution in [3.05, 3.63) is 65.7 Å². The molecule has 0 heterocycles. The topological polar surface area (TPSA) is 102 Å². The number of esters is 1. The van der Waals surface area contributed by atoms with Crippen molar-refractivity contribution in [3.63, 3.8) is 0 Å². The Morgan fingerprint density at radius 2 is 1.63 bits per heavy atom. The Bertz CT molecular complexity index is 848. The molecule has 7 heteroatoms. The average molecular weight is 368 g/mol. The smallest absolute Gasteiger partial charge is 0.328 e. The van der Waals surface area contributed by atoms with Gasteiger partial charge in [-0.1, -0.05) is 30.3 Å². The first-order valence-electron chi connectivity index (χ1n) is 8.30. The summed E-state index contributed by atoms with van der Waals surface area (Å²) in [7, 11) is 0. The van der Waals surface area contributed by atoms with Crippen LogP contribution in [0.2, 0.25) is 0 Å². The number of benzene rings is 2. The Hall–Kier alpha value is -3.48. The van der Waals surface area contributed by atoms with Crippen LogP contribution in [-0.4, -0.2) is 36.2 Å². The summed E-state index contributed by atoms with van der Waals surface area (Å²) in [5.41, 5.74) is 1.30. The molecule has 27 heavy (non-hydrogen) atoms. The third-order valence-corrected chi connectivity index (χ3v) is 3.64. The molecule has 0 fully saturated rings. The molecule has 0 aliphatic carbocycles. The van der Waals surface area contributed by atoms with Crippen molar-refractivity contribution < 1.29 is 23.9 Å². The van der Waals surface area contributed by atoms with Crippen LogP contribution < -0.4 is 10.6 Å². The Morgan fingerprint density at radius 3 is 2.30 bits per heavy atom. The third kappa shape index (κ3) is 6.07. The van der Waals surface area contributed by atoms with E-state index >= 15 is 0 Å². The van der Waals surface area contributed by atoms with E-state index in [1.807, 2.05) is 0 Å². The van der Waals surface area contributed by atoms with E-state index in [9.17, 15) is 19.2 Å². The first-order valence-corrected chi connectivity index (χ1v) is 8.30. The van der Waals surface area contributed by atoms with Crippen molar-refractivity contribution in [1.29, 1.82) is 0 Å². The lowest BCUT2D eigenvalue weighted by molar-refractivity contribution is -0.148. The molecule has 0 saturated heterocycles. The molecule has 140 valence electrons. The van der Waals surface area contributed by atoms with E-state index in [0.29, 0.717) is 16.8 Å². The molecule has 0 aromatic heterocycles. The first-order chi connectivity index (χ1) is 12.9. The minimum absolute atomic E-state index is 0.125. The molecule has 0 saturated carbocycles. The summed E-state index contributed by atoms with van der Waals surface area (Å²) in [5, 5.41) is 5.05. The van der Waals surface area contributed by atoms with Gasteiger partial charge in [0.2, 0.25) is 0 Å². The van der Waals surface area contributed by atoms with Gasteiger partial charge in [-0.25, -0.2) is 4.79 Å². The lowest BCUT2D eigenvalue weighted by atomic mass is 10.1. The highest BCUT2D eigenvalue weighted by atomic mass is 16.5. The Morgan fingerprint density at radius 1 is 0.963 bits per heavy atom. The molecule has 2 aromatic rings. The predicted octanol–water partition coefficient (Wildman–Crippen LogP) is 2.19. The molecular weight excluding hydrogens is 348 g/mol. The van der Waals surface area contributed by atoms with Gasteiger partial charge >= 0.3 is 5.97 Å². The van der Waals surface area contributed by atoms with Gasteiger partial charge in [0.05, 0.1) is 0 Å². The lowest BCUT2D eigenvalue weighted by Gasteiger charge is -2.13. The molecule has 2 N–H and O–H groups in total. The second-order valence-electron chi connectivity index (χ2n) is 5.85.